The van der Waals surface area contributed by atoms with E-state index in [4.69, 9.17) is 17.3 Å². The van der Waals surface area contributed by atoms with Crippen molar-refractivity contribution < 1.29 is 0 Å². The Morgan fingerprint density at radius 2 is 2.45 bits per heavy atom. The Hall–Kier alpha value is -0.0900. The number of hydrogen-bond acceptors (Lipinski definition) is 3. The lowest BCUT2D eigenvalue weighted by Gasteiger charge is -1.99. The summed E-state index contributed by atoms with van der Waals surface area (Å²) < 4.78 is 0. The van der Waals surface area contributed by atoms with Crippen LogP contribution in [0.25, 0.3) is 0 Å². The van der Waals surface area contributed by atoms with Gasteiger partial charge in [0.15, 0.2) is 0 Å². The van der Waals surface area contributed by atoms with Gasteiger partial charge in [-0.1, -0.05) is 11.6 Å². The average molecular weight is 191 g/mol. The molecule has 0 fully saturated rings. The molecule has 0 aromatic carbocycles. The van der Waals surface area contributed by atoms with Crippen LogP contribution < -0.4 is 11.1 Å². The minimum absolute atomic E-state index is 0.670. The van der Waals surface area contributed by atoms with Crippen LogP contribution in [0, 0.1) is 0 Å². The molecule has 0 atom stereocenters. The highest BCUT2D eigenvalue weighted by molar-refractivity contribution is 7.10. The lowest BCUT2D eigenvalue weighted by Crippen LogP contribution is -2.21. The molecule has 11 heavy (non-hydrogen) atoms. The molecule has 0 aliphatic carbocycles. The Bertz CT molecular complexity index is 212. The molecular formula is C7H11ClN2S. The van der Waals surface area contributed by atoms with Gasteiger partial charge in [-0.15, -0.1) is 11.3 Å². The van der Waals surface area contributed by atoms with Gasteiger partial charge in [-0.2, -0.15) is 0 Å². The number of hydrogen-bond donors (Lipinski definition) is 2. The number of thiophene rings is 1. The largest absolute Gasteiger partial charge is 0.329 e. The third-order valence-corrected chi connectivity index (χ3v) is 2.68. The highest BCUT2D eigenvalue weighted by atomic mass is 35.5. The average Bonchev–Trinajstić information content (AvgIpc) is 2.37. The molecule has 0 amide bonds. The van der Waals surface area contributed by atoms with E-state index in [9.17, 15) is 0 Å². The summed E-state index contributed by atoms with van der Waals surface area (Å²) in [6.45, 7) is 2.34. The molecule has 1 heterocycles. The lowest BCUT2D eigenvalue weighted by atomic mass is 10.4. The van der Waals surface area contributed by atoms with E-state index in [0.29, 0.717) is 6.54 Å². The molecular weight excluding hydrogens is 180 g/mol. The molecule has 3 N–H and O–H groups in total. The van der Waals surface area contributed by atoms with Crippen molar-refractivity contribution in [2.24, 2.45) is 5.73 Å². The molecule has 0 saturated carbocycles. The van der Waals surface area contributed by atoms with Gasteiger partial charge in [0.25, 0.3) is 0 Å². The first-order chi connectivity index (χ1) is 5.34. The van der Waals surface area contributed by atoms with Gasteiger partial charge in [0.05, 0.1) is 5.02 Å². The fraction of sp³-hybridized carbons (Fsp3) is 0.429. The molecule has 0 saturated heterocycles. The van der Waals surface area contributed by atoms with Crippen LogP contribution in [-0.2, 0) is 6.54 Å². The summed E-state index contributed by atoms with van der Waals surface area (Å²) in [6, 6.07) is 1.91. The van der Waals surface area contributed by atoms with E-state index in [-0.39, 0.29) is 0 Å². The molecule has 62 valence electrons. The zero-order valence-electron chi connectivity index (χ0n) is 6.14. The number of halogens is 1. The van der Waals surface area contributed by atoms with Crippen LogP contribution in [0.15, 0.2) is 11.4 Å². The second-order valence-corrected chi connectivity index (χ2v) is 3.57. The summed E-state index contributed by atoms with van der Waals surface area (Å²) in [5, 5.41) is 6.01. The van der Waals surface area contributed by atoms with Crippen molar-refractivity contribution >= 4 is 22.9 Å². The highest BCUT2D eigenvalue weighted by Crippen LogP contribution is 2.21. The molecule has 0 aliphatic heterocycles. The first-order valence-electron chi connectivity index (χ1n) is 3.47. The van der Waals surface area contributed by atoms with E-state index in [0.717, 1.165) is 18.1 Å². The van der Waals surface area contributed by atoms with Crippen LogP contribution >= 0.6 is 22.9 Å². The van der Waals surface area contributed by atoms with Gasteiger partial charge in [-0.3, -0.25) is 0 Å². The van der Waals surface area contributed by atoms with Crippen molar-refractivity contribution in [1.29, 1.82) is 0 Å². The van der Waals surface area contributed by atoms with Crippen LogP contribution in [0.2, 0.25) is 5.02 Å². The summed E-state index contributed by atoms with van der Waals surface area (Å²) >= 11 is 7.52. The van der Waals surface area contributed by atoms with Crippen molar-refractivity contribution in [1.82, 2.24) is 5.32 Å². The van der Waals surface area contributed by atoms with Gasteiger partial charge in [-0.05, 0) is 11.4 Å². The van der Waals surface area contributed by atoms with Gasteiger partial charge in [-0.25, -0.2) is 0 Å². The zero-order chi connectivity index (χ0) is 8.10. The summed E-state index contributed by atoms with van der Waals surface area (Å²) in [5.41, 5.74) is 5.31. The maximum absolute atomic E-state index is 5.86. The van der Waals surface area contributed by atoms with Gasteiger partial charge in [0.1, 0.15) is 0 Å². The Balaban J connectivity index is 2.32. The van der Waals surface area contributed by atoms with Gasteiger partial charge in [0.2, 0.25) is 0 Å². The van der Waals surface area contributed by atoms with Gasteiger partial charge in [0, 0.05) is 24.5 Å². The molecule has 0 radical (unpaired) electrons. The Morgan fingerprint density at radius 1 is 1.64 bits per heavy atom. The summed E-state index contributed by atoms with van der Waals surface area (Å²) in [7, 11) is 0. The molecule has 0 unspecified atom stereocenters. The molecule has 1 aromatic rings. The first kappa shape index (κ1) is 9.00. The second-order valence-electron chi connectivity index (χ2n) is 2.16. The van der Waals surface area contributed by atoms with Crippen LogP contribution in [0.3, 0.4) is 0 Å². The van der Waals surface area contributed by atoms with E-state index < -0.39 is 0 Å². The number of rotatable bonds is 4. The number of nitrogens with two attached hydrogens (primary N) is 1. The van der Waals surface area contributed by atoms with E-state index in [1.807, 2.05) is 11.4 Å². The van der Waals surface area contributed by atoms with Crippen LogP contribution in [-0.4, -0.2) is 13.1 Å². The van der Waals surface area contributed by atoms with E-state index in [1.165, 1.54) is 4.88 Å². The van der Waals surface area contributed by atoms with Crippen molar-refractivity contribution in [2.45, 2.75) is 6.54 Å². The molecule has 1 aromatic heterocycles. The van der Waals surface area contributed by atoms with Gasteiger partial charge < -0.3 is 11.1 Å². The van der Waals surface area contributed by atoms with E-state index >= 15 is 0 Å². The third kappa shape index (κ3) is 2.79. The smallest absolute Gasteiger partial charge is 0.0558 e. The molecule has 1 rings (SSSR count). The van der Waals surface area contributed by atoms with Crippen LogP contribution in [0.5, 0.6) is 0 Å². The molecule has 2 nitrogen and oxygen atoms in total. The summed E-state index contributed by atoms with van der Waals surface area (Å²) in [4.78, 5) is 1.18. The Morgan fingerprint density at radius 3 is 3.00 bits per heavy atom. The first-order valence-corrected chi connectivity index (χ1v) is 4.73. The van der Waals surface area contributed by atoms with Gasteiger partial charge >= 0.3 is 0 Å². The maximum atomic E-state index is 5.86. The molecule has 0 bridgehead atoms. The lowest BCUT2D eigenvalue weighted by molar-refractivity contribution is 0.702. The topological polar surface area (TPSA) is 38.0 Å². The predicted molar refractivity (Wildman–Crippen MR) is 50.1 cm³/mol. The van der Waals surface area contributed by atoms with Crippen molar-refractivity contribution in [3.8, 4) is 0 Å². The molecule has 4 heteroatoms. The van der Waals surface area contributed by atoms with E-state index in [1.54, 1.807) is 11.3 Å². The van der Waals surface area contributed by atoms with E-state index in [2.05, 4.69) is 5.32 Å². The number of nitrogens with one attached hydrogen (secondary N) is 1. The standard InChI is InChI=1S/C7H11ClN2S/c8-6-1-4-11-7(6)5-10-3-2-9/h1,4,10H,2-3,5,9H2. The minimum atomic E-state index is 0.670. The third-order valence-electron chi connectivity index (χ3n) is 1.30. The molecule has 0 spiro atoms. The second kappa shape index (κ2) is 4.72. The predicted octanol–water partition coefficient (Wildman–Crippen LogP) is 1.45. The minimum Gasteiger partial charge on any atom is -0.329 e. The Labute approximate surface area is 75.4 Å². The van der Waals surface area contributed by atoms with Crippen LogP contribution in [0.4, 0.5) is 0 Å². The summed E-state index contributed by atoms with van der Waals surface area (Å²) in [6.07, 6.45) is 0. The van der Waals surface area contributed by atoms with Crippen molar-refractivity contribution in [2.75, 3.05) is 13.1 Å². The quantitative estimate of drug-likeness (QED) is 0.706. The fourth-order valence-electron chi connectivity index (χ4n) is 0.755. The highest BCUT2D eigenvalue weighted by Gasteiger charge is 1.98. The summed E-state index contributed by atoms with van der Waals surface area (Å²) in [5.74, 6) is 0. The normalized spacial score (nSPS) is 10.4. The Kier molecular flexibility index (Phi) is 3.86. The SMILES string of the molecule is NCCNCc1sccc1Cl. The molecule has 0 aliphatic rings. The zero-order valence-corrected chi connectivity index (χ0v) is 7.71. The van der Waals surface area contributed by atoms with Crippen molar-refractivity contribution in [3.05, 3.63) is 21.3 Å². The van der Waals surface area contributed by atoms with Crippen molar-refractivity contribution in [3.63, 3.8) is 0 Å². The maximum Gasteiger partial charge on any atom is 0.0558 e. The van der Waals surface area contributed by atoms with Crippen LogP contribution in [0.1, 0.15) is 4.88 Å². The fourth-order valence-corrected chi connectivity index (χ4v) is 1.83. The monoisotopic (exact) mass is 190 g/mol.